The lowest BCUT2D eigenvalue weighted by atomic mass is 9.85. The van der Waals surface area contributed by atoms with Crippen molar-refractivity contribution < 1.29 is 14.0 Å². The zero-order valence-electron chi connectivity index (χ0n) is 22.1. The average molecular weight is 556 g/mol. The Hall–Kier alpha value is -5.01. The molecule has 7 rings (SSSR count). The van der Waals surface area contributed by atoms with E-state index in [2.05, 4.69) is 30.4 Å². The number of nitrogens with zero attached hydrogens (tertiary/aromatic N) is 9. The number of piperidine rings is 1. The highest BCUT2D eigenvalue weighted by Gasteiger charge is 2.45. The van der Waals surface area contributed by atoms with E-state index in [1.54, 1.807) is 30.7 Å². The number of carbonyl (C=O) groups is 2. The molecule has 0 aromatic carbocycles. The number of hydrogen-bond donors (Lipinski definition) is 2. The summed E-state index contributed by atoms with van der Waals surface area (Å²) in [4.78, 5) is 41.5. The summed E-state index contributed by atoms with van der Waals surface area (Å²) in [6.45, 7) is 0.771. The average Bonchev–Trinajstić information content (AvgIpc) is 3.79. The number of nitrogens with one attached hydrogen (secondary N) is 1. The van der Waals surface area contributed by atoms with Crippen molar-refractivity contribution in [3.63, 3.8) is 0 Å². The van der Waals surface area contributed by atoms with Crippen molar-refractivity contribution in [1.29, 1.82) is 0 Å². The summed E-state index contributed by atoms with van der Waals surface area (Å²) < 4.78 is 15.6. The van der Waals surface area contributed by atoms with Crippen molar-refractivity contribution in [2.24, 2.45) is 0 Å². The van der Waals surface area contributed by atoms with Crippen LogP contribution >= 0.6 is 0 Å². The van der Waals surface area contributed by atoms with Gasteiger partial charge < -0.3 is 10.6 Å². The molecule has 7 heterocycles. The number of fused-ring (bicyclic) bond motifs is 3. The molecule has 5 aromatic heterocycles. The number of Topliss-reactive ketones (excluding diaryl/α,β-unsaturated/α-hetero) is 1. The minimum Gasteiger partial charge on any atom is -0.383 e. The third kappa shape index (κ3) is 4.05. The lowest BCUT2D eigenvalue weighted by Crippen LogP contribution is -2.46. The van der Waals surface area contributed by atoms with E-state index in [0.29, 0.717) is 46.7 Å². The molecule has 2 bridgehead atoms. The molecule has 2 fully saturated rings. The van der Waals surface area contributed by atoms with E-state index in [1.165, 1.54) is 22.4 Å². The summed E-state index contributed by atoms with van der Waals surface area (Å²) >= 11 is 0. The van der Waals surface area contributed by atoms with E-state index >= 15 is 0 Å². The van der Waals surface area contributed by atoms with E-state index < -0.39 is 6.80 Å². The van der Waals surface area contributed by atoms with Gasteiger partial charge in [-0.15, -0.1) is 0 Å². The SMILES string of the molecule is CC(=O)c1c(C2CC3CCC(C2)N3C(=O)c2ncn[nH]2)nc2c(-c3ccc(-c4ccn(CF)n4)nc3)cnn2c1N. The molecule has 0 aliphatic carbocycles. The molecule has 0 saturated carbocycles. The fourth-order valence-electron chi connectivity index (χ4n) is 6.33. The van der Waals surface area contributed by atoms with Crippen LogP contribution in [-0.2, 0) is 6.80 Å². The molecule has 2 aliphatic heterocycles. The van der Waals surface area contributed by atoms with Crippen LogP contribution in [0.3, 0.4) is 0 Å². The van der Waals surface area contributed by atoms with Crippen LogP contribution in [0.1, 0.15) is 65.2 Å². The van der Waals surface area contributed by atoms with E-state index in [9.17, 15) is 14.0 Å². The molecule has 1 amide bonds. The first kappa shape index (κ1) is 25.0. The third-order valence-electron chi connectivity index (χ3n) is 8.13. The zero-order chi connectivity index (χ0) is 28.2. The normalized spacial score (nSPS) is 20.1. The number of rotatable bonds is 6. The van der Waals surface area contributed by atoms with Crippen molar-refractivity contribution in [1.82, 2.24) is 49.4 Å². The van der Waals surface area contributed by atoms with Gasteiger partial charge in [0.25, 0.3) is 5.91 Å². The van der Waals surface area contributed by atoms with Crippen molar-refractivity contribution in [2.75, 3.05) is 5.73 Å². The fourth-order valence-corrected chi connectivity index (χ4v) is 6.33. The number of aromatic amines is 1. The van der Waals surface area contributed by atoms with Crippen molar-refractivity contribution in [3.05, 3.63) is 60.2 Å². The number of aromatic nitrogens is 9. The Morgan fingerprint density at radius 3 is 2.54 bits per heavy atom. The Kier molecular flexibility index (Phi) is 5.83. The molecule has 3 N–H and O–H groups in total. The van der Waals surface area contributed by atoms with Crippen molar-refractivity contribution >= 4 is 23.2 Å². The highest BCUT2D eigenvalue weighted by atomic mass is 19.1. The smallest absolute Gasteiger partial charge is 0.291 e. The first-order valence-electron chi connectivity index (χ1n) is 13.3. The highest BCUT2D eigenvalue weighted by molar-refractivity contribution is 6.00. The van der Waals surface area contributed by atoms with Crippen LogP contribution in [0.4, 0.5) is 10.2 Å². The van der Waals surface area contributed by atoms with Crippen molar-refractivity contribution in [3.8, 4) is 22.5 Å². The molecule has 0 radical (unpaired) electrons. The number of nitrogens with two attached hydrogens (primary N) is 1. The van der Waals surface area contributed by atoms with Crippen LogP contribution in [0.2, 0.25) is 0 Å². The van der Waals surface area contributed by atoms with Gasteiger partial charge in [0.15, 0.2) is 18.2 Å². The Labute approximate surface area is 232 Å². The third-order valence-corrected chi connectivity index (χ3v) is 8.13. The van der Waals surface area contributed by atoms with Crippen LogP contribution in [-0.4, -0.2) is 73.2 Å². The number of anilines is 1. The monoisotopic (exact) mass is 555 g/mol. The number of H-pyrrole nitrogens is 1. The van der Waals surface area contributed by atoms with E-state index in [-0.39, 0.29) is 41.3 Å². The summed E-state index contributed by atoms with van der Waals surface area (Å²) in [6.07, 6.45) is 9.28. The molecular weight excluding hydrogens is 529 g/mol. The summed E-state index contributed by atoms with van der Waals surface area (Å²) in [5.74, 6) is 0.0562. The van der Waals surface area contributed by atoms with Gasteiger partial charge >= 0.3 is 0 Å². The number of carbonyl (C=O) groups excluding carboxylic acids is 2. The van der Waals surface area contributed by atoms with Crippen LogP contribution < -0.4 is 5.73 Å². The number of halogens is 1. The minimum atomic E-state index is -0.712. The van der Waals surface area contributed by atoms with Crippen LogP contribution in [0, 0.1) is 0 Å². The van der Waals surface area contributed by atoms with Gasteiger partial charge in [-0.1, -0.05) is 6.07 Å². The molecule has 14 heteroatoms. The van der Waals surface area contributed by atoms with E-state index in [0.717, 1.165) is 18.4 Å². The molecular formula is C27H26FN11O2. The molecule has 13 nitrogen and oxygen atoms in total. The Morgan fingerprint density at radius 1 is 1.10 bits per heavy atom. The molecule has 2 aliphatic rings. The maximum Gasteiger partial charge on any atom is 0.291 e. The van der Waals surface area contributed by atoms with Gasteiger partial charge in [-0.05, 0) is 44.7 Å². The Bertz CT molecular complexity index is 1760. The summed E-state index contributed by atoms with van der Waals surface area (Å²) in [5, 5.41) is 15.1. The first-order chi connectivity index (χ1) is 19.9. The highest BCUT2D eigenvalue weighted by Crippen LogP contribution is 2.45. The number of alkyl halides is 1. The lowest BCUT2D eigenvalue weighted by molar-refractivity contribution is 0.0556. The summed E-state index contributed by atoms with van der Waals surface area (Å²) in [6, 6.07) is 5.37. The fraction of sp³-hybridized carbons (Fsp3) is 0.333. The van der Waals surface area contributed by atoms with E-state index in [1.807, 2.05) is 11.0 Å². The number of ketones is 1. The van der Waals surface area contributed by atoms with Crippen LogP contribution in [0.25, 0.3) is 28.2 Å². The topological polar surface area (TPSA) is 166 Å². The molecule has 41 heavy (non-hydrogen) atoms. The van der Waals surface area contributed by atoms with Crippen molar-refractivity contribution in [2.45, 2.75) is 57.4 Å². The summed E-state index contributed by atoms with van der Waals surface area (Å²) in [7, 11) is 0. The van der Waals surface area contributed by atoms with Crippen LogP contribution in [0.15, 0.2) is 43.1 Å². The number of pyridine rings is 1. The van der Waals surface area contributed by atoms with Gasteiger partial charge in [-0.2, -0.15) is 19.8 Å². The zero-order valence-corrected chi connectivity index (χ0v) is 22.1. The number of nitrogen functional groups attached to an aromatic ring is 1. The predicted molar refractivity (Wildman–Crippen MR) is 144 cm³/mol. The molecule has 2 saturated heterocycles. The molecule has 2 atom stereocenters. The molecule has 208 valence electrons. The molecule has 0 spiro atoms. The van der Waals surface area contributed by atoms with Gasteiger partial charge in [0.1, 0.15) is 17.8 Å². The second-order valence-corrected chi connectivity index (χ2v) is 10.5. The maximum absolute atomic E-state index is 13.1. The van der Waals surface area contributed by atoms with Gasteiger partial charge in [0.2, 0.25) is 5.82 Å². The molecule has 5 aromatic rings. The molecule has 2 unspecified atom stereocenters. The Morgan fingerprint density at radius 2 is 1.90 bits per heavy atom. The maximum atomic E-state index is 13.1. The lowest BCUT2D eigenvalue weighted by Gasteiger charge is -2.38. The second kappa shape index (κ2) is 9.57. The summed E-state index contributed by atoms with van der Waals surface area (Å²) in [5.41, 5.74) is 10.7. The predicted octanol–water partition coefficient (Wildman–Crippen LogP) is 3.04. The van der Waals surface area contributed by atoms with Crippen LogP contribution in [0.5, 0.6) is 0 Å². The largest absolute Gasteiger partial charge is 0.383 e. The minimum absolute atomic E-state index is 0.00240. The standard InChI is InChI=1S/C27H26FN11O2/c1-14(40)22-23(16-8-17-3-4-18(9-16)38(17)27(41)25-31-13-32-35-25)34-26-19(11-33-39(26)24(22)29)15-2-5-20(30-10-15)21-6-7-37(12-28)36-21/h2,5-7,10-11,13,16-18H,3-4,8-9,12,29H2,1H3,(H,31,32,35). The first-order valence-corrected chi connectivity index (χ1v) is 13.3. The van der Waals surface area contributed by atoms with E-state index in [4.69, 9.17) is 10.7 Å². The van der Waals surface area contributed by atoms with Gasteiger partial charge in [-0.3, -0.25) is 19.7 Å². The van der Waals surface area contributed by atoms with Gasteiger partial charge in [0.05, 0.1) is 23.1 Å². The number of amides is 1. The number of hydrogen-bond acceptors (Lipinski definition) is 9. The van der Waals surface area contributed by atoms with Gasteiger partial charge in [-0.25, -0.2) is 19.0 Å². The second-order valence-electron chi connectivity index (χ2n) is 10.5. The van der Waals surface area contributed by atoms with Gasteiger partial charge in [0, 0.05) is 41.5 Å². The quantitative estimate of drug-likeness (QED) is 0.299. The Balaban J connectivity index is 1.25.